The van der Waals surface area contributed by atoms with E-state index in [0.717, 1.165) is 6.07 Å². The van der Waals surface area contributed by atoms with Crippen LogP contribution in [0.25, 0.3) is 16.9 Å². The molecule has 144 valence electrons. The molecule has 0 saturated heterocycles. The number of hydrogen-bond donors (Lipinski definition) is 2. The van der Waals surface area contributed by atoms with Crippen LogP contribution >= 0.6 is 0 Å². The van der Waals surface area contributed by atoms with Crippen molar-refractivity contribution in [1.82, 2.24) is 19.4 Å². The minimum Gasteiger partial charge on any atom is -0.368 e. The van der Waals surface area contributed by atoms with Crippen LogP contribution in [0.3, 0.4) is 0 Å². The summed E-state index contributed by atoms with van der Waals surface area (Å²) < 4.78 is 29.1. The fraction of sp³-hybridized carbons (Fsp3) is 0.100. The van der Waals surface area contributed by atoms with Gasteiger partial charge >= 0.3 is 0 Å². The Morgan fingerprint density at radius 1 is 1.03 bits per heavy atom. The van der Waals surface area contributed by atoms with Crippen LogP contribution in [-0.2, 0) is 0 Å². The molecule has 0 saturated carbocycles. The maximum Gasteiger partial charge on any atom is 0.209 e. The van der Waals surface area contributed by atoms with Crippen LogP contribution in [0.4, 0.5) is 20.5 Å². The van der Waals surface area contributed by atoms with Crippen LogP contribution in [0, 0.1) is 23.0 Å². The highest BCUT2D eigenvalue weighted by Gasteiger charge is 2.12. The molecule has 0 amide bonds. The predicted octanol–water partition coefficient (Wildman–Crippen LogP) is 3.47. The number of hydrogen-bond acceptors (Lipinski definition) is 6. The van der Waals surface area contributed by atoms with E-state index in [1.807, 2.05) is 6.07 Å². The minimum atomic E-state index is -0.687. The molecule has 3 heterocycles. The Labute approximate surface area is 164 Å². The maximum absolute atomic E-state index is 14.2. The number of imidazole rings is 1. The highest BCUT2D eigenvalue weighted by molar-refractivity contribution is 5.66. The minimum absolute atomic E-state index is 0.194. The SMILES string of the molecule is N#Cc1ccc(NCCNc2nc(-c3ccc(F)cc3F)cc3nccn23)nc1. The zero-order valence-corrected chi connectivity index (χ0v) is 15.1. The normalized spacial score (nSPS) is 10.7. The predicted molar refractivity (Wildman–Crippen MR) is 104 cm³/mol. The van der Waals surface area contributed by atoms with Crippen molar-refractivity contribution in [3.63, 3.8) is 0 Å². The van der Waals surface area contributed by atoms with Crippen molar-refractivity contribution in [2.24, 2.45) is 0 Å². The first-order valence-corrected chi connectivity index (χ1v) is 8.77. The van der Waals surface area contributed by atoms with Crippen molar-refractivity contribution in [3.8, 4) is 17.3 Å². The summed E-state index contributed by atoms with van der Waals surface area (Å²) in [5.74, 6) is -0.205. The van der Waals surface area contributed by atoms with Gasteiger partial charge in [-0.1, -0.05) is 0 Å². The average Bonchev–Trinajstić information content (AvgIpc) is 3.20. The van der Waals surface area contributed by atoms with Crippen LogP contribution in [0.15, 0.2) is 55.0 Å². The lowest BCUT2D eigenvalue weighted by Gasteiger charge is -2.12. The number of nitrogens with zero attached hydrogens (tertiary/aromatic N) is 5. The van der Waals surface area contributed by atoms with Gasteiger partial charge in [0, 0.05) is 49.4 Å². The standard InChI is InChI=1S/C20H15F2N7/c21-14-2-3-15(16(22)9-14)17-10-19-25-7-8-29(19)20(28-17)26-6-5-24-18-4-1-13(11-23)12-27-18/h1-4,7-10,12H,5-6H2,(H,24,27)(H,26,28). The molecule has 29 heavy (non-hydrogen) atoms. The summed E-state index contributed by atoms with van der Waals surface area (Å²) in [5.41, 5.74) is 1.62. The third kappa shape index (κ3) is 3.96. The first-order valence-electron chi connectivity index (χ1n) is 8.77. The molecular weight excluding hydrogens is 376 g/mol. The summed E-state index contributed by atoms with van der Waals surface area (Å²) in [4.78, 5) is 12.9. The van der Waals surface area contributed by atoms with Gasteiger partial charge < -0.3 is 10.6 Å². The lowest BCUT2D eigenvalue weighted by atomic mass is 10.1. The van der Waals surface area contributed by atoms with Crippen molar-refractivity contribution in [1.29, 1.82) is 5.26 Å². The molecule has 0 aliphatic rings. The van der Waals surface area contributed by atoms with E-state index in [-0.39, 0.29) is 5.56 Å². The van der Waals surface area contributed by atoms with E-state index in [9.17, 15) is 8.78 Å². The second-order valence-electron chi connectivity index (χ2n) is 6.14. The highest BCUT2D eigenvalue weighted by atomic mass is 19.1. The molecule has 0 unspecified atom stereocenters. The number of benzene rings is 1. The molecule has 0 atom stereocenters. The van der Waals surface area contributed by atoms with Gasteiger partial charge in [0.2, 0.25) is 5.95 Å². The van der Waals surface area contributed by atoms with Gasteiger partial charge in [-0.05, 0) is 24.3 Å². The van der Waals surface area contributed by atoms with E-state index < -0.39 is 11.6 Å². The molecule has 0 aliphatic carbocycles. The molecule has 3 aromatic heterocycles. The summed E-state index contributed by atoms with van der Waals surface area (Å²) in [6, 6.07) is 10.4. The summed E-state index contributed by atoms with van der Waals surface area (Å²) in [5, 5.41) is 15.1. The molecule has 0 fully saturated rings. The Balaban J connectivity index is 1.50. The van der Waals surface area contributed by atoms with E-state index in [4.69, 9.17) is 5.26 Å². The van der Waals surface area contributed by atoms with Gasteiger partial charge in [-0.25, -0.2) is 23.7 Å². The van der Waals surface area contributed by atoms with Gasteiger partial charge in [-0.3, -0.25) is 4.40 Å². The van der Waals surface area contributed by atoms with Gasteiger partial charge in [0.15, 0.2) is 0 Å². The second kappa shape index (κ2) is 7.90. The fourth-order valence-corrected chi connectivity index (χ4v) is 2.81. The molecule has 0 bridgehead atoms. The van der Waals surface area contributed by atoms with E-state index >= 15 is 0 Å². The Morgan fingerprint density at radius 3 is 2.66 bits per heavy atom. The smallest absolute Gasteiger partial charge is 0.209 e. The molecule has 4 aromatic rings. The monoisotopic (exact) mass is 391 g/mol. The Morgan fingerprint density at radius 2 is 1.90 bits per heavy atom. The zero-order chi connectivity index (χ0) is 20.2. The van der Waals surface area contributed by atoms with Crippen molar-refractivity contribution < 1.29 is 8.78 Å². The van der Waals surface area contributed by atoms with Crippen molar-refractivity contribution >= 4 is 17.4 Å². The van der Waals surface area contributed by atoms with E-state index in [1.54, 1.807) is 35.0 Å². The molecule has 9 heteroatoms. The molecule has 0 aliphatic heterocycles. The van der Waals surface area contributed by atoms with Crippen LogP contribution < -0.4 is 10.6 Å². The van der Waals surface area contributed by atoms with Crippen molar-refractivity contribution in [2.45, 2.75) is 0 Å². The molecule has 7 nitrogen and oxygen atoms in total. The van der Waals surface area contributed by atoms with E-state index in [1.165, 1.54) is 18.3 Å². The summed E-state index contributed by atoms with van der Waals surface area (Å²) in [7, 11) is 0. The van der Waals surface area contributed by atoms with Crippen LogP contribution in [0.2, 0.25) is 0 Å². The first kappa shape index (κ1) is 18.3. The van der Waals surface area contributed by atoms with E-state index in [2.05, 4.69) is 25.6 Å². The van der Waals surface area contributed by atoms with Gasteiger partial charge in [0.25, 0.3) is 0 Å². The molecule has 0 radical (unpaired) electrons. The van der Waals surface area contributed by atoms with Gasteiger partial charge in [-0.15, -0.1) is 0 Å². The Kier molecular flexibility index (Phi) is 4.99. The van der Waals surface area contributed by atoms with Gasteiger partial charge in [0.1, 0.15) is 29.2 Å². The topological polar surface area (TPSA) is 90.9 Å². The first-order chi connectivity index (χ1) is 14.1. The quantitative estimate of drug-likeness (QED) is 0.489. The Hall–Kier alpha value is -4.06. The average molecular weight is 391 g/mol. The number of halogens is 2. The zero-order valence-electron chi connectivity index (χ0n) is 15.1. The number of nitriles is 1. The van der Waals surface area contributed by atoms with Crippen molar-refractivity contribution in [3.05, 3.63) is 72.2 Å². The van der Waals surface area contributed by atoms with Gasteiger partial charge in [0.05, 0.1) is 11.3 Å². The number of pyridine rings is 1. The number of nitrogens with one attached hydrogen (secondary N) is 2. The summed E-state index contributed by atoms with van der Waals surface area (Å²) in [6.07, 6.45) is 4.85. The Bertz CT molecular complexity index is 1200. The van der Waals surface area contributed by atoms with Crippen LogP contribution in [-0.4, -0.2) is 32.4 Å². The van der Waals surface area contributed by atoms with Crippen molar-refractivity contribution in [2.75, 3.05) is 23.7 Å². The van der Waals surface area contributed by atoms with Crippen LogP contribution in [0.5, 0.6) is 0 Å². The fourth-order valence-electron chi connectivity index (χ4n) is 2.81. The lowest BCUT2D eigenvalue weighted by molar-refractivity contribution is 0.585. The lowest BCUT2D eigenvalue weighted by Crippen LogP contribution is -2.17. The largest absolute Gasteiger partial charge is 0.368 e. The van der Waals surface area contributed by atoms with Crippen LogP contribution in [0.1, 0.15) is 5.56 Å². The van der Waals surface area contributed by atoms with Gasteiger partial charge in [-0.2, -0.15) is 5.26 Å². The third-order valence-corrected chi connectivity index (χ3v) is 4.20. The molecule has 4 rings (SSSR count). The van der Waals surface area contributed by atoms with E-state index in [0.29, 0.717) is 41.8 Å². The number of aromatic nitrogens is 4. The molecule has 1 aromatic carbocycles. The summed E-state index contributed by atoms with van der Waals surface area (Å²) in [6.45, 7) is 1.03. The second-order valence-corrected chi connectivity index (χ2v) is 6.14. The maximum atomic E-state index is 14.2. The summed E-state index contributed by atoms with van der Waals surface area (Å²) >= 11 is 0. The highest BCUT2D eigenvalue weighted by Crippen LogP contribution is 2.24. The molecular formula is C20H15F2N7. The number of anilines is 2. The number of rotatable bonds is 6. The molecule has 0 spiro atoms. The number of fused-ring (bicyclic) bond motifs is 1. The third-order valence-electron chi connectivity index (χ3n) is 4.20. The molecule has 2 N–H and O–H groups in total.